The molecule has 0 aromatic rings. The number of ether oxygens (including phenoxy) is 1. The number of hydrogen-bond donors (Lipinski definition) is 1. The molecule has 2 heterocycles. The molecule has 124 valence electrons. The van der Waals surface area contributed by atoms with E-state index in [1.807, 2.05) is 27.8 Å². The number of hydrogen-bond acceptors (Lipinski definition) is 4. The fourth-order valence-corrected chi connectivity index (χ4v) is 5.38. The van der Waals surface area contributed by atoms with E-state index in [-0.39, 0.29) is 6.10 Å². The molecule has 21 heavy (non-hydrogen) atoms. The van der Waals surface area contributed by atoms with E-state index in [1.165, 1.54) is 0 Å². The van der Waals surface area contributed by atoms with E-state index in [1.54, 1.807) is 8.61 Å². The first-order chi connectivity index (χ1) is 9.74. The summed E-state index contributed by atoms with van der Waals surface area (Å²) in [6.45, 7) is 8.83. The van der Waals surface area contributed by atoms with Gasteiger partial charge in [0.05, 0.1) is 11.7 Å². The van der Waals surface area contributed by atoms with Crippen LogP contribution in [-0.4, -0.2) is 68.5 Å². The standard InChI is InChI=1S/C14H29N3O3S/c1-12-9-17(11-14(2,3)20-12)21(18,19)16-7-5-6-13(10-16)8-15-4/h12-13,15H,5-11H2,1-4H3. The molecule has 2 aliphatic rings. The third kappa shape index (κ3) is 4.16. The van der Waals surface area contributed by atoms with Crippen LogP contribution in [0.4, 0.5) is 0 Å². The van der Waals surface area contributed by atoms with Crippen molar-refractivity contribution in [1.29, 1.82) is 0 Å². The Hall–Kier alpha value is -0.210. The van der Waals surface area contributed by atoms with Crippen LogP contribution in [0.2, 0.25) is 0 Å². The minimum absolute atomic E-state index is 0.0681. The zero-order valence-electron chi connectivity index (χ0n) is 13.6. The van der Waals surface area contributed by atoms with E-state index >= 15 is 0 Å². The lowest BCUT2D eigenvalue weighted by molar-refractivity contribution is -0.110. The molecule has 2 aliphatic heterocycles. The number of nitrogens with zero attached hydrogens (tertiary/aromatic N) is 2. The molecule has 1 N–H and O–H groups in total. The fourth-order valence-electron chi connectivity index (χ4n) is 3.43. The Balaban J connectivity index is 2.09. The Labute approximate surface area is 129 Å². The van der Waals surface area contributed by atoms with Crippen LogP contribution in [0.1, 0.15) is 33.6 Å². The average Bonchev–Trinajstić information content (AvgIpc) is 2.37. The van der Waals surface area contributed by atoms with Gasteiger partial charge < -0.3 is 10.1 Å². The van der Waals surface area contributed by atoms with Gasteiger partial charge in [-0.2, -0.15) is 17.0 Å². The molecule has 0 aromatic heterocycles. The number of nitrogens with one attached hydrogen (secondary N) is 1. The molecular weight excluding hydrogens is 290 g/mol. The topological polar surface area (TPSA) is 61.9 Å². The molecular formula is C14H29N3O3S. The van der Waals surface area contributed by atoms with Gasteiger partial charge in [-0.05, 0) is 53.1 Å². The fraction of sp³-hybridized carbons (Fsp3) is 1.00. The Kier molecular flexibility index (Phi) is 5.31. The van der Waals surface area contributed by atoms with Crippen molar-refractivity contribution >= 4 is 10.2 Å². The third-order valence-electron chi connectivity index (χ3n) is 4.17. The van der Waals surface area contributed by atoms with Crippen molar-refractivity contribution in [2.24, 2.45) is 5.92 Å². The molecule has 2 atom stereocenters. The van der Waals surface area contributed by atoms with Crippen LogP contribution in [0.3, 0.4) is 0 Å². The Morgan fingerprint density at radius 2 is 2.00 bits per heavy atom. The lowest BCUT2D eigenvalue weighted by Crippen LogP contribution is -2.58. The van der Waals surface area contributed by atoms with Crippen molar-refractivity contribution in [3.8, 4) is 0 Å². The minimum atomic E-state index is -3.38. The number of rotatable bonds is 4. The lowest BCUT2D eigenvalue weighted by Gasteiger charge is -2.43. The molecule has 0 spiro atoms. The summed E-state index contributed by atoms with van der Waals surface area (Å²) in [6.07, 6.45) is 1.97. The van der Waals surface area contributed by atoms with Gasteiger partial charge in [-0.3, -0.25) is 0 Å². The molecule has 2 rings (SSSR count). The van der Waals surface area contributed by atoms with Gasteiger partial charge >= 0.3 is 0 Å². The van der Waals surface area contributed by atoms with E-state index in [4.69, 9.17) is 4.74 Å². The number of morpholine rings is 1. The van der Waals surface area contributed by atoms with Crippen LogP contribution in [0.25, 0.3) is 0 Å². The monoisotopic (exact) mass is 319 g/mol. The van der Waals surface area contributed by atoms with E-state index in [0.717, 1.165) is 19.4 Å². The van der Waals surface area contributed by atoms with Crippen LogP contribution in [0.15, 0.2) is 0 Å². The highest BCUT2D eigenvalue weighted by Gasteiger charge is 2.40. The highest BCUT2D eigenvalue weighted by Crippen LogP contribution is 2.27. The zero-order chi connectivity index (χ0) is 15.7. The smallest absolute Gasteiger partial charge is 0.282 e. The van der Waals surface area contributed by atoms with Gasteiger partial charge in [0, 0.05) is 26.2 Å². The van der Waals surface area contributed by atoms with Crippen LogP contribution in [0, 0.1) is 5.92 Å². The molecule has 0 bridgehead atoms. The predicted octanol–water partition coefficient (Wildman–Crippen LogP) is 0.662. The zero-order valence-corrected chi connectivity index (χ0v) is 14.4. The van der Waals surface area contributed by atoms with Gasteiger partial charge in [-0.25, -0.2) is 0 Å². The summed E-state index contributed by atoms with van der Waals surface area (Å²) in [4.78, 5) is 0. The summed E-state index contributed by atoms with van der Waals surface area (Å²) in [5, 5.41) is 3.15. The van der Waals surface area contributed by atoms with E-state index < -0.39 is 15.8 Å². The van der Waals surface area contributed by atoms with Crippen LogP contribution < -0.4 is 5.32 Å². The largest absolute Gasteiger partial charge is 0.370 e. The molecule has 2 saturated heterocycles. The Morgan fingerprint density at radius 3 is 2.62 bits per heavy atom. The summed E-state index contributed by atoms with van der Waals surface area (Å²) >= 11 is 0. The first-order valence-corrected chi connectivity index (χ1v) is 9.22. The van der Waals surface area contributed by atoms with Crippen molar-refractivity contribution in [1.82, 2.24) is 13.9 Å². The quantitative estimate of drug-likeness (QED) is 0.827. The predicted molar refractivity (Wildman–Crippen MR) is 83.3 cm³/mol. The summed E-state index contributed by atoms with van der Waals surface area (Å²) in [5.41, 5.74) is -0.426. The van der Waals surface area contributed by atoms with Gasteiger partial charge in [-0.1, -0.05) is 0 Å². The van der Waals surface area contributed by atoms with Crippen LogP contribution >= 0.6 is 0 Å². The Bertz CT molecular complexity index is 450. The van der Waals surface area contributed by atoms with Crippen molar-refractivity contribution in [3.63, 3.8) is 0 Å². The average molecular weight is 319 g/mol. The molecule has 0 saturated carbocycles. The normalized spacial score (nSPS) is 32.2. The molecule has 7 heteroatoms. The first-order valence-electron chi connectivity index (χ1n) is 7.82. The van der Waals surface area contributed by atoms with Crippen molar-refractivity contribution in [2.45, 2.75) is 45.3 Å². The molecule has 0 radical (unpaired) electrons. The van der Waals surface area contributed by atoms with Gasteiger partial charge in [0.2, 0.25) is 0 Å². The maximum absolute atomic E-state index is 12.9. The second kappa shape index (κ2) is 6.50. The first kappa shape index (κ1) is 17.1. The van der Waals surface area contributed by atoms with Crippen molar-refractivity contribution in [2.75, 3.05) is 39.8 Å². The van der Waals surface area contributed by atoms with Crippen LogP contribution in [0.5, 0.6) is 0 Å². The van der Waals surface area contributed by atoms with E-state index in [9.17, 15) is 8.42 Å². The second-order valence-corrected chi connectivity index (χ2v) is 8.84. The number of piperidine rings is 1. The molecule has 0 amide bonds. The third-order valence-corrected chi connectivity index (χ3v) is 6.08. The van der Waals surface area contributed by atoms with Crippen LogP contribution in [-0.2, 0) is 14.9 Å². The van der Waals surface area contributed by atoms with E-state index in [2.05, 4.69) is 5.32 Å². The lowest BCUT2D eigenvalue weighted by atomic mass is 10.00. The maximum atomic E-state index is 12.9. The highest BCUT2D eigenvalue weighted by molar-refractivity contribution is 7.86. The highest BCUT2D eigenvalue weighted by atomic mass is 32.2. The van der Waals surface area contributed by atoms with E-state index in [0.29, 0.717) is 32.1 Å². The summed E-state index contributed by atoms with van der Waals surface area (Å²) in [6, 6.07) is 0. The maximum Gasteiger partial charge on any atom is 0.282 e. The summed E-state index contributed by atoms with van der Waals surface area (Å²) in [7, 11) is -1.47. The second-order valence-electron chi connectivity index (χ2n) is 6.91. The minimum Gasteiger partial charge on any atom is -0.370 e. The van der Waals surface area contributed by atoms with Gasteiger partial charge in [0.25, 0.3) is 10.2 Å². The van der Waals surface area contributed by atoms with Gasteiger partial charge in [0.1, 0.15) is 0 Å². The Morgan fingerprint density at radius 1 is 1.29 bits per heavy atom. The SMILES string of the molecule is CNCC1CCCN(S(=O)(=O)N2CC(C)OC(C)(C)C2)C1. The molecule has 0 aromatic carbocycles. The van der Waals surface area contributed by atoms with Gasteiger partial charge in [-0.15, -0.1) is 0 Å². The molecule has 2 unspecified atom stereocenters. The molecule has 6 nitrogen and oxygen atoms in total. The molecule has 0 aliphatic carbocycles. The van der Waals surface area contributed by atoms with Crippen molar-refractivity contribution < 1.29 is 13.2 Å². The summed E-state index contributed by atoms with van der Waals surface area (Å²) in [5.74, 6) is 0.407. The van der Waals surface area contributed by atoms with Gasteiger partial charge in [0.15, 0.2) is 0 Å². The summed E-state index contributed by atoms with van der Waals surface area (Å²) < 4.78 is 34.9. The van der Waals surface area contributed by atoms with Crippen molar-refractivity contribution in [3.05, 3.63) is 0 Å². The molecule has 2 fully saturated rings.